The van der Waals surface area contributed by atoms with Gasteiger partial charge in [-0.05, 0) is 48.8 Å². The first-order valence-corrected chi connectivity index (χ1v) is 7.72. The fourth-order valence-corrected chi connectivity index (χ4v) is 3.17. The van der Waals surface area contributed by atoms with Crippen LogP contribution in [0.4, 0.5) is 0 Å². The molecule has 3 atom stereocenters. The Balaban J connectivity index is 2.10. The van der Waals surface area contributed by atoms with Crippen molar-refractivity contribution >= 4 is 5.97 Å². The van der Waals surface area contributed by atoms with E-state index in [0.717, 1.165) is 12.8 Å². The van der Waals surface area contributed by atoms with Gasteiger partial charge in [-0.1, -0.05) is 33.3 Å². The van der Waals surface area contributed by atoms with Crippen molar-refractivity contribution in [3.8, 4) is 6.07 Å². The highest BCUT2D eigenvalue weighted by Gasteiger charge is 2.33. The molecule has 0 bridgehead atoms. The van der Waals surface area contributed by atoms with E-state index in [4.69, 9.17) is 10.00 Å². The molecule has 0 spiro atoms. The van der Waals surface area contributed by atoms with Gasteiger partial charge in [0.2, 0.25) is 0 Å². The van der Waals surface area contributed by atoms with Crippen LogP contribution in [0, 0.1) is 29.1 Å². The summed E-state index contributed by atoms with van der Waals surface area (Å²) in [7, 11) is 0. The van der Waals surface area contributed by atoms with Crippen molar-refractivity contribution < 1.29 is 9.53 Å². The zero-order chi connectivity index (χ0) is 15.4. The quantitative estimate of drug-likeness (QED) is 0.783. The first kappa shape index (κ1) is 15.6. The Morgan fingerprint density at radius 2 is 2.14 bits per heavy atom. The molecule has 112 valence electrons. The van der Waals surface area contributed by atoms with Crippen LogP contribution >= 0.6 is 0 Å². The van der Waals surface area contributed by atoms with E-state index in [1.54, 1.807) is 24.3 Å². The number of ether oxygens (including phenoxy) is 1. The molecule has 1 aromatic carbocycles. The minimum absolute atomic E-state index is 0.00741. The number of hydrogen-bond donors (Lipinski definition) is 0. The number of esters is 1. The second-order valence-electron chi connectivity index (χ2n) is 6.46. The predicted octanol–water partition coefficient (Wildman–Crippen LogP) is 4.18. The number of nitriles is 1. The summed E-state index contributed by atoms with van der Waals surface area (Å²) in [5.41, 5.74) is 0.955. The van der Waals surface area contributed by atoms with Crippen molar-refractivity contribution in [1.29, 1.82) is 5.26 Å². The standard InChI is InChI=1S/C18H23NO2/c1-12(2)16-8-7-13(3)9-17(16)21-18(20)15-6-4-5-14(10-15)11-19/h4-6,10,12-13,16-17H,7-9H2,1-3H3/t13-,16-,17+/m1/s1. The van der Waals surface area contributed by atoms with Gasteiger partial charge in [-0.2, -0.15) is 5.26 Å². The fourth-order valence-electron chi connectivity index (χ4n) is 3.17. The van der Waals surface area contributed by atoms with E-state index in [-0.39, 0.29) is 12.1 Å². The molecule has 0 unspecified atom stereocenters. The number of benzene rings is 1. The summed E-state index contributed by atoms with van der Waals surface area (Å²) in [6.45, 7) is 6.60. The van der Waals surface area contributed by atoms with Crippen molar-refractivity contribution in [2.24, 2.45) is 17.8 Å². The number of hydrogen-bond acceptors (Lipinski definition) is 3. The third-order valence-corrected chi connectivity index (χ3v) is 4.45. The summed E-state index contributed by atoms with van der Waals surface area (Å²) in [5, 5.41) is 8.91. The lowest BCUT2D eigenvalue weighted by molar-refractivity contribution is -0.0174. The van der Waals surface area contributed by atoms with Gasteiger partial charge >= 0.3 is 5.97 Å². The minimum atomic E-state index is -0.308. The number of carbonyl (C=O) groups is 1. The summed E-state index contributed by atoms with van der Waals surface area (Å²) in [6.07, 6.45) is 3.26. The number of nitrogens with zero attached hydrogens (tertiary/aromatic N) is 1. The summed E-state index contributed by atoms with van der Waals surface area (Å²) < 4.78 is 5.77. The van der Waals surface area contributed by atoms with Crippen molar-refractivity contribution in [1.82, 2.24) is 0 Å². The lowest BCUT2D eigenvalue weighted by Gasteiger charge is -2.36. The first-order valence-electron chi connectivity index (χ1n) is 7.72. The van der Waals surface area contributed by atoms with Gasteiger partial charge in [0, 0.05) is 0 Å². The molecule has 0 N–H and O–H groups in total. The van der Waals surface area contributed by atoms with Gasteiger partial charge in [0.05, 0.1) is 17.2 Å². The van der Waals surface area contributed by atoms with Crippen LogP contribution < -0.4 is 0 Å². The molecule has 0 radical (unpaired) electrons. The maximum absolute atomic E-state index is 12.3. The van der Waals surface area contributed by atoms with E-state index in [0.29, 0.717) is 28.9 Å². The molecule has 1 aromatic rings. The van der Waals surface area contributed by atoms with Gasteiger partial charge in [0.25, 0.3) is 0 Å². The molecule has 1 aliphatic rings. The molecule has 0 aliphatic heterocycles. The molecule has 21 heavy (non-hydrogen) atoms. The zero-order valence-electron chi connectivity index (χ0n) is 13.0. The molecule has 0 amide bonds. The van der Waals surface area contributed by atoms with E-state index >= 15 is 0 Å². The van der Waals surface area contributed by atoms with E-state index in [9.17, 15) is 4.79 Å². The molecule has 0 saturated heterocycles. The normalized spacial score (nSPS) is 25.4. The Labute approximate surface area is 126 Å². The molecule has 1 aliphatic carbocycles. The second kappa shape index (κ2) is 6.76. The first-order chi connectivity index (χ1) is 10.0. The topological polar surface area (TPSA) is 50.1 Å². The maximum Gasteiger partial charge on any atom is 0.338 e. The summed E-state index contributed by atoms with van der Waals surface area (Å²) in [4.78, 5) is 12.3. The second-order valence-corrected chi connectivity index (χ2v) is 6.46. The summed E-state index contributed by atoms with van der Waals surface area (Å²) in [6, 6.07) is 8.77. The van der Waals surface area contributed by atoms with Crippen molar-refractivity contribution in [3.05, 3.63) is 35.4 Å². The van der Waals surface area contributed by atoms with Crippen LogP contribution in [-0.4, -0.2) is 12.1 Å². The van der Waals surface area contributed by atoms with Crippen LogP contribution in [0.1, 0.15) is 56.0 Å². The molecule has 1 saturated carbocycles. The van der Waals surface area contributed by atoms with Crippen LogP contribution in [0.3, 0.4) is 0 Å². The maximum atomic E-state index is 12.3. The van der Waals surface area contributed by atoms with E-state index in [2.05, 4.69) is 26.8 Å². The number of rotatable bonds is 3. The van der Waals surface area contributed by atoms with Crippen LogP contribution in [0.5, 0.6) is 0 Å². The highest BCUT2D eigenvalue weighted by Crippen LogP contribution is 2.35. The van der Waals surface area contributed by atoms with Gasteiger partial charge in [-0.25, -0.2) is 4.79 Å². The largest absolute Gasteiger partial charge is 0.458 e. The van der Waals surface area contributed by atoms with Gasteiger partial charge in [-0.15, -0.1) is 0 Å². The van der Waals surface area contributed by atoms with Gasteiger partial charge < -0.3 is 4.74 Å². The Bertz CT molecular complexity index is 544. The summed E-state index contributed by atoms with van der Waals surface area (Å²) >= 11 is 0. The molecular weight excluding hydrogens is 262 g/mol. The molecule has 0 aromatic heterocycles. The Kier molecular flexibility index (Phi) is 5.01. The van der Waals surface area contributed by atoms with Gasteiger partial charge in [-0.3, -0.25) is 0 Å². The Hall–Kier alpha value is -1.82. The monoisotopic (exact) mass is 285 g/mol. The van der Waals surface area contributed by atoms with Crippen LogP contribution in [0.25, 0.3) is 0 Å². The molecule has 1 fully saturated rings. The average molecular weight is 285 g/mol. The highest BCUT2D eigenvalue weighted by molar-refractivity contribution is 5.89. The minimum Gasteiger partial charge on any atom is -0.458 e. The van der Waals surface area contributed by atoms with E-state index < -0.39 is 0 Å². The zero-order valence-corrected chi connectivity index (χ0v) is 13.0. The van der Waals surface area contributed by atoms with Gasteiger partial charge in [0.1, 0.15) is 6.10 Å². The summed E-state index contributed by atoms with van der Waals surface area (Å²) in [5.74, 6) is 1.24. The molecule has 2 rings (SSSR count). The number of carbonyl (C=O) groups excluding carboxylic acids is 1. The lowest BCUT2D eigenvalue weighted by Crippen LogP contribution is -2.35. The smallest absolute Gasteiger partial charge is 0.338 e. The highest BCUT2D eigenvalue weighted by atomic mass is 16.5. The predicted molar refractivity (Wildman–Crippen MR) is 81.7 cm³/mol. The van der Waals surface area contributed by atoms with Crippen LogP contribution in [0.2, 0.25) is 0 Å². The third kappa shape index (κ3) is 3.85. The lowest BCUT2D eigenvalue weighted by atomic mass is 9.75. The molecule has 0 heterocycles. The molecule has 3 nitrogen and oxygen atoms in total. The van der Waals surface area contributed by atoms with Crippen molar-refractivity contribution in [3.63, 3.8) is 0 Å². The van der Waals surface area contributed by atoms with Crippen molar-refractivity contribution in [2.45, 2.75) is 46.1 Å². The molecule has 3 heteroatoms. The third-order valence-electron chi connectivity index (χ3n) is 4.45. The van der Waals surface area contributed by atoms with Gasteiger partial charge in [0.15, 0.2) is 0 Å². The molecular formula is C18H23NO2. The van der Waals surface area contributed by atoms with E-state index in [1.807, 2.05) is 0 Å². The fraction of sp³-hybridized carbons (Fsp3) is 0.556. The SMILES string of the molecule is CC(C)[C@H]1CC[C@@H](C)C[C@@H]1OC(=O)c1cccc(C#N)c1. The average Bonchev–Trinajstić information content (AvgIpc) is 2.47. The van der Waals surface area contributed by atoms with Crippen molar-refractivity contribution in [2.75, 3.05) is 0 Å². The van der Waals surface area contributed by atoms with E-state index in [1.165, 1.54) is 6.42 Å². The van der Waals surface area contributed by atoms with Crippen LogP contribution in [0.15, 0.2) is 24.3 Å². The Morgan fingerprint density at radius 3 is 2.81 bits per heavy atom. The Morgan fingerprint density at radius 1 is 1.38 bits per heavy atom. The van der Waals surface area contributed by atoms with Crippen LogP contribution in [-0.2, 0) is 4.74 Å².